The van der Waals surface area contributed by atoms with E-state index in [9.17, 15) is 4.79 Å². The van der Waals surface area contributed by atoms with Crippen LogP contribution in [0.1, 0.15) is 0 Å². The highest BCUT2D eigenvalue weighted by molar-refractivity contribution is 6.42. The van der Waals surface area contributed by atoms with Crippen molar-refractivity contribution in [1.29, 1.82) is 0 Å². The summed E-state index contributed by atoms with van der Waals surface area (Å²) < 4.78 is 5.16. The minimum atomic E-state index is -0.589. The summed E-state index contributed by atoms with van der Waals surface area (Å²) >= 11 is 17.7. The molecule has 2 rings (SSSR count). The summed E-state index contributed by atoms with van der Waals surface area (Å²) in [4.78, 5) is 13.4. The molecule has 1 aromatic heterocycles. The second-order valence-corrected chi connectivity index (χ2v) is 5.31. The van der Waals surface area contributed by atoms with E-state index in [4.69, 9.17) is 39.2 Å². The van der Waals surface area contributed by atoms with E-state index < -0.39 is 5.63 Å². The van der Waals surface area contributed by atoms with Gasteiger partial charge in [0.05, 0.1) is 15.7 Å². The van der Waals surface area contributed by atoms with Crippen molar-refractivity contribution in [2.45, 2.75) is 0 Å². The fraction of sp³-hybridized carbons (Fsp3) is 0.154. The Kier molecular flexibility index (Phi) is 4.09. The summed E-state index contributed by atoms with van der Waals surface area (Å²) in [5, 5.41) is 0.881. The highest BCUT2D eigenvalue weighted by Gasteiger charge is 2.13. The Morgan fingerprint density at radius 1 is 1.05 bits per heavy atom. The van der Waals surface area contributed by atoms with E-state index in [1.54, 1.807) is 43.3 Å². The largest absolute Gasteiger partial charge is 0.422 e. The van der Waals surface area contributed by atoms with E-state index in [2.05, 4.69) is 0 Å². The molecule has 0 bridgehead atoms. The van der Waals surface area contributed by atoms with Crippen molar-refractivity contribution in [2.75, 3.05) is 19.0 Å². The molecule has 0 spiro atoms. The zero-order valence-electron chi connectivity index (χ0n) is 10.2. The van der Waals surface area contributed by atoms with Crippen LogP contribution in [0.15, 0.2) is 33.5 Å². The molecule has 0 fully saturated rings. The first-order valence-corrected chi connectivity index (χ1v) is 6.50. The van der Waals surface area contributed by atoms with Gasteiger partial charge in [-0.05, 0) is 18.2 Å². The molecule has 0 saturated heterocycles. The van der Waals surface area contributed by atoms with Gasteiger partial charge >= 0.3 is 5.63 Å². The molecule has 0 saturated carbocycles. The van der Waals surface area contributed by atoms with Crippen LogP contribution in [0.25, 0.3) is 11.3 Å². The average Bonchev–Trinajstić information content (AvgIpc) is 2.35. The second kappa shape index (κ2) is 5.45. The Labute approximate surface area is 125 Å². The maximum absolute atomic E-state index is 11.7. The van der Waals surface area contributed by atoms with Gasteiger partial charge in [0.15, 0.2) is 0 Å². The van der Waals surface area contributed by atoms with Crippen LogP contribution in [-0.4, -0.2) is 14.1 Å². The molecular formula is C13H10Cl3NO2. The SMILES string of the molecule is CN(C)c1cc(-c2ccc(Cl)c(Cl)c2)oc(=O)c1Cl. The lowest BCUT2D eigenvalue weighted by molar-refractivity contribution is 0.526. The predicted molar refractivity (Wildman–Crippen MR) is 79.8 cm³/mol. The Morgan fingerprint density at radius 3 is 2.32 bits per heavy atom. The van der Waals surface area contributed by atoms with Crippen molar-refractivity contribution < 1.29 is 4.42 Å². The van der Waals surface area contributed by atoms with E-state index in [1.807, 2.05) is 0 Å². The molecular weight excluding hydrogens is 309 g/mol. The fourth-order valence-corrected chi connectivity index (χ4v) is 2.14. The third-order valence-electron chi connectivity index (χ3n) is 2.56. The van der Waals surface area contributed by atoms with Crippen molar-refractivity contribution in [3.05, 3.63) is 49.8 Å². The first kappa shape index (κ1) is 14.3. The molecule has 0 aliphatic heterocycles. The normalized spacial score (nSPS) is 10.6. The molecule has 0 unspecified atom stereocenters. The number of benzene rings is 1. The number of nitrogens with zero attached hydrogens (tertiary/aromatic N) is 1. The van der Waals surface area contributed by atoms with Crippen molar-refractivity contribution in [2.24, 2.45) is 0 Å². The van der Waals surface area contributed by atoms with E-state index in [-0.39, 0.29) is 5.02 Å². The molecule has 100 valence electrons. The minimum Gasteiger partial charge on any atom is -0.422 e. The quantitative estimate of drug-likeness (QED) is 0.826. The zero-order chi connectivity index (χ0) is 14.2. The number of halogens is 3. The lowest BCUT2D eigenvalue weighted by Crippen LogP contribution is -2.13. The van der Waals surface area contributed by atoms with Crippen LogP contribution in [0.3, 0.4) is 0 Å². The highest BCUT2D eigenvalue weighted by Crippen LogP contribution is 2.31. The zero-order valence-corrected chi connectivity index (χ0v) is 12.5. The number of anilines is 1. The Hall–Kier alpha value is -1.16. The van der Waals surface area contributed by atoms with Gasteiger partial charge in [-0.2, -0.15) is 0 Å². The third-order valence-corrected chi connectivity index (χ3v) is 3.65. The molecule has 0 amide bonds. The highest BCUT2D eigenvalue weighted by atomic mass is 35.5. The molecule has 1 heterocycles. The van der Waals surface area contributed by atoms with Gasteiger partial charge in [-0.3, -0.25) is 0 Å². The van der Waals surface area contributed by atoms with Gasteiger partial charge in [-0.15, -0.1) is 0 Å². The maximum atomic E-state index is 11.7. The van der Waals surface area contributed by atoms with Crippen molar-refractivity contribution in [3.8, 4) is 11.3 Å². The summed E-state index contributed by atoms with van der Waals surface area (Å²) in [6, 6.07) is 6.68. The minimum absolute atomic E-state index is 0.0498. The molecule has 1 aromatic carbocycles. The Morgan fingerprint density at radius 2 is 1.74 bits per heavy atom. The van der Waals surface area contributed by atoms with Crippen molar-refractivity contribution in [3.63, 3.8) is 0 Å². The van der Waals surface area contributed by atoms with Gasteiger partial charge < -0.3 is 9.32 Å². The fourth-order valence-electron chi connectivity index (χ4n) is 1.58. The number of hydrogen-bond donors (Lipinski definition) is 0. The van der Waals surface area contributed by atoms with Gasteiger partial charge in [0.2, 0.25) is 0 Å². The molecule has 6 heteroatoms. The molecule has 0 aliphatic rings. The monoisotopic (exact) mass is 317 g/mol. The molecule has 19 heavy (non-hydrogen) atoms. The van der Waals surface area contributed by atoms with Gasteiger partial charge in [-0.25, -0.2) is 4.79 Å². The molecule has 0 atom stereocenters. The molecule has 0 radical (unpaired) electrons. The summed E-state index contributed by atoms with van der Waals surface area (Å²) in [5.41, 5.74) is 0.652. The van der Waals surface area contributed by atoms with Crippen LogP contribution in [0.4, 0.5) is 5.69 Å². The summed E-state index contributed by atoms with van der Waals surface area (Å²) in [7, 11) is 3.58. The van der Waals surface area contributed by atoms with Gasteiger partial charge in [0, 0.05) is 25.7 Å². The Bertz CT molecular complexity index is 680. The standard InChI is InChI=1S/C13H10Cl3NO2/c1-17(2)10-6-11(19-13(18)12(10)16)7-3-4-8(14)9(15)5-7/h3-6H,1-2H3. The summed E-state index contributed by atoms with van der Waals surface area (Å²) in [6.07, 6.45) is 0. The van der Waals surface area contributed by atoms with E-state index in [0.29, 0.717) is 27.1 Å². The molecule has 0 N–H and O–H groups in total. The third kappa shape index (κ3) is 2.89. The first-order valence-electron chi connectivity index (χ1n) is 5.36. The van der Waals surface area contributed by atoms with Crippen LogP contribution in [0.2, 0.25) is 15.1 Å². The van der Waals surface area contributed by atoms with Gasteiger partial charge in [0.25, 0.3) is 0 Å². The number of rotatable bonds is 2. The topological polar surface area (TPSA) is 33.5 Å². The molecule has 0 aliphatic carbocycles. The average molecular weight is 319 g/mol. The summed E-state index contributed by atoms with van der Waals surface area (Å²) in [6.45, 7) is 0. The Balaban J connectivity index is 2.63. The smallest absolute Gasteiger partial charge is 0.357 e. The van der Waals surface area contributed by atoms with E-state index in [0.717, 1.165) is 0 Å². The maximum Gasteiger partial charge on any atom is 0.357 e. The number of hydrogen-bond acceptors (Lipinski definition) is 3. The van der Waals surface area contributed by atoms with Crippen LogP contribution in [0, 0.1) is 0 Å². The lowest BCUT2D eigenvalue weighted by Gasteiger charge is -2.14. The predicted octanol–water partition coefficient (Wildman–Crippen LogP) is 4.33. The van der Waals surface area contributed by atoms with Crippen LogP contribution in [0.5, 0.6) is 0 Å². The van der Waals surface area contributed by atoms with Crippen molar-refractivity contribution in [1.82, 2.24) is 0 Å². The van der Waals surface area contributed by atoms with Crippen LogP contribution in [-0.2, 0) is 0 Å². The van der Waals surface area contributed by atoms with E-state index in [1.165, 1.54) is 0 Å². The molecule has 3 nitrogen and oxygen atoms in total. The molecule has 2 aromatic rings. The van der Waals surface area contributed by atoms with Gasteiger partial charge in [0.1, 0.15) is 10.8 Å². The second-order valence-electron chi connectivity index (χ2n) is 4.12. The lowest BCUT2D eigenvalue weighted by atomic mass is 10.1. The van der Waals surface area contributed by atoms with Gasteiger partial charge in [-0.1, -0.05) is 34.8 Å². The van der Waals surface area contributed by atoms with E-state index >= 15 is 0 Å². The van der Waals surface area contributed by atoms with Crippen LogP contribution < -0.4 is 10.5 Å². The van der Waals surface area contributed by atoms with Crippen LogP contribution >= 0.6 is 34.8 Å². The van der Waals surface area contributed by atoms with Crippen molar-refractivity contribution >= 4 is 40.5 Å². The first-order chi connectivity index (χ1) is 8.90. The summed E-state index contributed by atoms with van der Waals surface area (Å²) in [5.74, 6) is 0.386.